The standard InChI is InChI=1S/C13H18BrFN2O2S.ClH/c14-11-3-4-13(12(15)8-11)20(18,19)17-7-5-10-2-1-6-16-9-10;/h3-4,8,10,16-17H,1-2,5-7,9H2;1H. The summed E-state index contributed by atoms with van der Waals surface area (Å²) in [6.07, 6.45) is 3.00. The molecule has 1 heterocycles. The molecule has 1 aromatic carbocycles. The van der Waals surface area contributed by atoms with E-state index in [0.717, 1.165) is 38.4 Å². The summed E-state index contributed by atoms with van der Waals surface area (Å²) in [6.45, 7) is 2.30. The van der Waals surface area contributed by atoms with Crippen LogP contribution in [-0.4, -0.2) is 28.1 Å². The molecule has 1 aromatic rings. The van der Waals surface area contributed by atoms with Crippen LogP contribution in [0.2, 0.25) is 0 Å². The molecule has 0 radical (unpaired) electrons. The Morgan fingerprint density at radius 2 is 2.19 bits per heavy atom. The molecule has 0 aromatic heterocycles. The summed E-state index contributed by atoms with van der Waals surface area (Å²) in [7, 11) is -3.77. The zero-order chi connectivity index (χ0) is 14.6. The molecule has 8 heteroatoms. The predicted molar refractivity (Wildman–Crippen MR) is 86.7 cm³/mol. The van der Waals surface area contributed by atoms with Crippen molar-refractivity contribution in [1.29, 1.82) is 0 Å². The van der Waals surface area contributed by atoms with Gasteiger partial charge >= 0.3 is 0 Å². The van der Waals surface area contributed by atoms with E-state index in [-0.39, 0.29) is 17.3 Å². The molecule has 1 unspecified atom stereocenters. The van der Waals surface area contributed by atoms with E-state index in [1.807, 2.05) is 0 Å². The normalized spacial score (nSPS) is 19.0. The van der Waals surface area contributed by atoms with Gasteiger partial charge in [0.1, 0.15) is 10.7 Å². The molecule has 1 atom stereocenters. The van der Waals surface area contributed by atoms with Gasteiger partial charge in [-0.05, 0) is 56.5 Å². The Morgan fingerprint density at radius 3 is 2.81 bits per heavy atom. The molecule has 0 aliphatic carbocycles. The van der Waals surface area contributed by atoms with Crippen LogP contribution in [0.15, 0.2) is 27.6 Å². The monoisotopic (exact) mass is 400 g/mol. The highest BCUT2D eigenvalue weighted by atomic mass is 79.9. The smallest absolute Gasteiger partial charge is 0.243 e. The molecule has 1 fully saturated rings. The maximum atomic E-state index is 13.7. The van der Waals surface area contributed by atoms with Gasteiger partial charge in [-0.15, -0.1) is 12.4 Å². The van der Waals surface area contributed by atoms with E-state index in [1.54, 1.807) is 0 Å². The third-order valence-electron chi connectivity index (χ3n) is 3.43. The van der Waals surface area contributed by atoms with Crippen molar-refractivity contribution >= 4 is 38.4 Å². The average molecular weight is 402 g/mol. The highest BCUT2D eigenvalue weighted by molar-refractivity contribution is 9.10. The maximum absolute atomic E-state index is 13.7. The summed E-state index contributed by atoms with van der Waals surface area (Å²) in [5.74, 6) is -0.257. The highest BCUT2D eigenvalue weighted by Gasteiger charge is 2.20. The number of hydrogen-bond donors (Lipinski definition) is 2. The van der Waals surface area contributed by atoms with E-state index >= 15 is 0 Å². The van der Waals surface area contributed by atoms with E-state index in [9.17, 15) is 12.8 Å². The van der Waals surface area contributed by atoms with E-state index in [1.165, 1.54) is 12.1 Å². The van der Waals surface area contributed by atoms with Crippen molar-refractivity contribution in [3.05, 3.63) is 28.5 Å². The molecular weight excluding hydrogens is 383 g/mol. The van der Waals surface area contributed by atoms with Gasteiger partial charge in [-0.1, -0.05) is 15.9 Å². The van der Waals surface area contributed by atoms with Crippen molar-refractivity contribution in [2.75, 3.05) is 19.6 Å². The SMILES string of the molecule is Cl.O=S(=O)(NCCC1CCCNC1)c1ccc(Br)cc1F. The van der Waals surface area contributed by atoms with Crippen molar-refractivity contribution in [2.24, 2.45) is 5.92 Å². The summed E-state index contributed by atoms with van der Waals surface area (Å²) >= 11 is 3.11. The van der Waals surface area contributed by atoms with Crippen molar-refractivity contribution < 1.29 is 12.8 Å². The second-order valence-electron chi connectivity index (χ2n) is 4.97. The fourth-order valence-corrected chi connectivity index (χ4v) is 3.78. The number of piperidine rings is 1. The van der Waals surface area contributed by atoms with E-state index in [0.29, 0.717) is 16.9 Å². The van der Waals surface area contributed by atoms with Crippen molar-refractivity contribution in [3.63, 3.8) is 0 Å². The van der Waals surface area contributed by atoms with Gasteiger partial charge in [-0.2, -0.15) is 0 Å². The molecular formula is C13H19BrClFN2O2S. The van der Waals surface area contributed by atoms with Crippen LogP contribution in [0.25, 0.3) is 0 Å². The number of halogens is 3. The van der Waals surface area contributed by atoms with Gasteiger partial charge in [-0.3, -0.25) is 0 Å². The minimum absolute atomic E-state index is 0. The second-order valence-corrected chi connectivity index (χ2v) is 7.62. The number of benzene rings is 1. The lowest BCUT2D eigenvalue weighted by molar-refractivity contribution is 0.358. The largest absolute Gasteiger partial charge is 0.316 e. The zero-order valence-electron chi connectivity index (χ0n) is 11.4. The molecule has 2 rings (SSSR count). The molecule has 0 spiro atoms. The van der Waals surface area contributed by atoms with Gasteiger partial charge in [-0.25, -0.2) is 17.5 Å². The molecule has 1 aliphatic rings. The summed E-state index contributed by atoms with van der Waals surface area (Å²) in [5, 5.41) is 3.29. The van der Waals surface area contributed by atoms with Gasteiger partial charge in [0.2, 0.25) is 10.0 Å². The second kappa shape index (κ2) is 8.43. The fourth-order valence-electron chi connectivity index (χ4n) is 2.34. The van der Waals surface area contributed by atoms with Crippen molar-refractivity contribution in [1.82, 2.24) is 10.0 Å². The van der Waals surface area contributed by atoms with Gasteiger partial charge in [0.05, 0.1) is 0 Å². The Kier molecular flexibility index (Phi) is 7.56. The van der Waals surface area contributed by atoms with E-state index in [4.69, 9.17) is 0 Å². The third kappa shape index (κ3) is 5.49. The van der Waals surface area contributed by atoms with Gasteiger partial charge < -0.3 is 5.32 Å². The Morgan fingerprint density at radius 1 is 1.43 bits per heavy atom. The minimum atomic E-state index is -3.77. The van der Waals surface area contributed by atoms with E-state index < -0.39 is 15.8 Å². The van der Waals surface area contributed by atoms with Crippen LogP contribution in [0.3, 0.4) is 0 Å². The van der Waals surface area contributed by atoms with Crippen LogP contribution < -0.4 is 10.0 Å². The molecule has 2 N–H and O–H groups in total. The molecule has 120 valence electrons. The van der Waals surface area contributed by atoms with Gasteiger partial charge in [0.15, 0.2) is 0 Å². The predicted octanol–water partition coefficient (Wildman–Crippen LogP) is 2.68. The zero-order valence-corrected chi connectivity index (χ0v) is 14.7. The quantitative estimate of drug-likeness (QED) is 0.797. The molecule has 1 aliphatic heterocycles. The topological polar surface area (TPSA) is 58.2 Å². The fraction of sp³-hybridized carbons (Fsp3) is 0.538. The first kappa shape index (κ1) is 18.8. The minimum Gasteiger partial charge on any atom is -0.316 e. The first-order valence-electron chi connectivity index (χ1n) is 6.64. The first-order chi connectivity index (χ1) is 9.49. The maximum Gasteiger partial charge on any atom is 0.243 e. The number of rotatable bonds is 5. The summed E-state index contributed by atoms with van der Waals surface area (Å²) < 4.78 is 40.7. The summed E-state index contributed by atoms with van der Waals surface area (Å²) in [5.41, 5.74) is 0. The molecule has 1 saturated heterocycles. The van der Waals surface area contributed by atoms with Crippen LogP contribution in [-0.2, 0) is 10.0 Å². The van der Waals surface area contributed by atoms with Gasteiger partial charge in [0, 0.05) is 11.0 Å². The molecule has 4 nitrogen and oxygen atoms in total. The third-order valence-corrected chi connectivity index (χ3v) is 5.41. The van der Waals surface area contributed by atoms with Crippen LogP contribution in [0.1, 0.15) is 19.3 Å². The lowest BCUT2D eigenvalue weighted by Gasteiger charge is -2.22. The number of hydrogen-bond acceptors (Lipinski definition) is 3. The average Bonchev–Trinajstić information content (AvgIpc) is 2.39. The lowest BCUT2D eigenvalue weighted by atomic mass is 9.96. The summed E-state index contributed by atoms with van der Waals surface area (Å²) in [6, 6.07) is 3.94. The van der Waals surface area contributed by atoms with Crippen molar-refractivity contribution in [2.45, 2.75) is 24.2 Å². The molecule has 0 bridgehead atoms. The van der Waals surface area contributed by atoms with Gasteiger partial charge in [0.25, 0.3) is 0 Å². The van der Waals surface area contributed by atoms with Crippen molar-refractivity contribution in [3.8, 4) is 0 Å². The van der Waals surface area contributed by atoms with Crippen LogP contribution >= 0.6 is 28.3 Å². The Balaban J connectivity index is 0.00000220. The Labute approximate surface area is 139 Å². The molecule has 21 heavy (non-hydrogen) atoms. The van der Waals surface area contributed by atoms with Crippen LogP contribution in [0.4, 0.5) is 4.39 Å². The summed E-state index contributed by atoms with van der Waals surface area (Å²) in [4.78, 5) is -0.303. The Bertz CT molecular complexity index is 565. The molecule has 0 amide bonds. The first-order valence-corrected chi connectivity index (χ1v) is 8.92. The number of nitrogens with one attached hydrogen (secondary N) is 2. The lowest BCUT2D eigenvalue weighted by Crippen LogP contribution is -2.33. The van der Waals surface area contributed by atoms with E-state index in [2.05, 4.69) is 26.0 Å². The Hall–Kier alpha value is -0.210. The highest BCUT2D eigenvalue weighted by Crippen LogP contribution is 2.19. The molecule has 0 saturated carbocycles. The number of sulfonamides is 1. The van der Waals surface area contributed by atoms with Crippen LogP contribution in [0, 0.1) is 11.7 Å². The van der Waals surface area contributed by atoms with Crippen LogP contribution in [0.5, 0.6) is 0 Å².